The number of rotatable bonds is 5. The maximum absolute atomic E-state index is 13.4. The first-order valence-electron chi connectivity index (χ1n) is 7.02. The topological polar surface area (TPSA) is 41.6 Å². The van der Waals surface area contributed by atoms with Crippen LogP contribution in [0.2, 0.25) is 0 Å². The molecule has 110 valence electrons. The van der Waals surface area contributed by atoms with Gasteiger partial charge in [-0.25, -0.2) is 4.39 Å². The number of amides is 1. The van der Waals surface area contributed by atoms with E-state index in [-0.39, 0.29) is 17.7 Å². The minimum Gasteiger partial charge on any atom is -0.494 e. The van der Waals surface area contributed by atoms with Crippen LogP contribution in [0.4, 0.5) is 4.39 Å². The Morgan fingerprint density at radius 2 is 2.35 bits per heavy atom. The number of nitrogens with zero attached hydrogens (tertiary/aromatic N) is 1. The van der Waals surface area contributed by atoms with E-state index in [2.05, 4.69) is 5.32 Å². The van der Waals surface area contributed by atoms with Crippen LogP contribution in [-0.4, -0.2) is 43.6 Å². The Kier molecular flexibility index (Phi) is 4.95. The van der Waals surface area contributed by atoms with Gasteiger partial charge >= 0.3 is 0 Å². The maximum Gasteiger partial charge on any atom is 0.254 e. The quantitative estimate of drug-likeness (QED) is 0.897. The average molecular weight is 280 g/mol. The Bertz CT molecular complexity index is 473. The highest BCUT2D eigenvalue weighted by Crippen LogP contribution is 2.21. The summed E-state index contributed by atoms with van der Waals surface area (Å²) in [6.45, 7) is 4.52. The molecule has 5 heteroatoms. The van der Waals surface area contributed by atoms with Gasteiger partial charge in [0.25, 0.3) is 5.91 Å². The summed E-state index contributed by atoms with van der Waals surface area (Å²) >= 11 is 0. The molecule has 2 rings (SSSR count). The van der Waals surface area contributed by atoms with Crippen LogP contribution in [0.15, 0.2) is 18.2 Å². The van der Waals surface area contributed by atoms with Gasteiger partial charge < -0.3 is 15.0 Å². The second-order valence-electron chi connectivity index (χ2n) is 4.99. The predicted molar refractivity (Wildman–Crippen MR) is 75.6 cm³/mol. The van der Waals surface area contributed by atoms with E-state index in [1.807, 2.05) is 11.8 Å². The number of ether oxygens (including phenoxy) is 1. The lowest BCUT2D eigenvalue weighted by molar-refractivity contribution is 0.0692. The van der Waals surface area contributed by atoms with Gasteiger partial charge in [0.1, 0.15) is 0 Å². The Morgan fingerprint density at radius 3 is 2.95 bits per heavy atom. The number of hydrogen-bond acceptors (Lipinski definition) is 3. The van der Waals surface area contributed by atoms with Crippen LogP contribution in [0.5, 0.6) is 5.75 Å². The lowest BCUT2D eigenvalue weighted by atomic mass is 10.1. The SMILES string of the molecule is CCCN(C(=O)c1ccc(F)c(OC)c1)C1CCNC1. The zero-order valence-electron chi connectivity index (χ0n) is 12.0. The van der Waals surface area contributed by atoms with Crippen molar-refractivity contribution in [3.05, 3.63) is 29.6 Å². The van der Waals surface area contributed by atoms with Crippen molar-refractivity contribution in [2.24, 2.45) is 0 Å². The molecule has 4 nitrogen and oxygen atoms in total. The Morgan fingerprint density at radius 1 is 1.55 bits per heavy atom. The smallest absolute Gasteiger partial charge is 0.254 e. The van der Waals surface area contributed by atoms with E-state index in [9.17, 15) is 9.18 Å². The van der Waals surface area contributed by atoms with Crippen molar-refractivity contribution < 1.29 is 13.9 Å². The minimum atomic E-state index is -0.450. The summed E-state index contributed by atoms with van der Waals surface area (Å²) in [5.74, 6) is -0.399. The van der Waals surface area contributed by atoms with E-state index in [0.717, 1.165) is 25.9 Å². The van der Waals surface area contributed by atoms with E-state index in [1.54, 1.807) is 0 Å². The molecule has 1 aliphatic heterocycles. The monoisotopic (exact) mass is 280 g/mol. The van der Waals surface area contributed by atoms with Gasteiger partial charge in [-0.2, -0.15) is 0 Å². The molecule has 0 saturated carbocycles. The number of nitrogens with one attached hydrogen (secondary N) is 1. The van der Waals surface area contributed by atoms with E-state index in [0.29, 0.717) is 12.1 Å². The van der Waals surface area contributed by atoms with Crippen molar-refractivity contribution in [1.82, 2.24) is 10.2 Å². The summed E-state index contributed by atoms with van der Waals surface area (Å²) < 4.78 is 18.4. The van der Waals surface area contributed by atoms with Gasteiger partial charge in [-0.1, -0.05) is 6.92 Å². The summed E-state index contributed by atoms with van der Waals surface area (Å²) in [5, 5.41) is 3.27. The second kappa shape index (κ2) is 6.70. The van der Waals surface area contributed by atoms with Crippen molar-refractivity contribution in [2.45, 2.75) is 25.8 Å². The van der Waals surface area contributed by atoms with Gasteiger partial charge in [0, 0.05) is 24.7 Å². The molecule has 20 heavy (non-hydrogen) atoms. The third kappa shape index (κ3) is 3.10. The molecular formula is C15H21FN2O2. The summed E-state index contributed by atoms with van der Waals surface area (Å²) in [5.41, 5.74) is 0.476. The molecular weight excluding hydrogens is 259 g/mol. The third-order valence-electron chi connectivity index (χ3n) is 3.60. The van der Waals surface area contributed by atoms with E-state index >= 15 is 0 Å². The average Bonchev–Trinajstić information content (AvgIpc) is 2.98. The fraction of sp³-hybridized carbons (Fsp3) is 0.533. The summed E-state index contributed by atoms with van der Waals surface area (Å²) in [4.78, 5) is 14.5. The zero-order chi connectivity index (χ0) is 14.5. The molecule has 0 aliphatic carbocycles. The first-order valence-corrected chi connectivity index (χ1v) is 7.02. The molecule has 0 bridgehead atoms. The van der Waals surface area contributed by atoms with E-state index in [1.165, 1.54) is 25.3 Å². The Hall–Kier alpha value is -1.62. The normalized spacial score (nSPS) is 18.1. The largest absolute Gasteiger partial charge is 0.494 e. The molecule has 1 fully saturated rings. The molecule has 1 atom stereocenters. The van der Waals surface area contributed by atoms with Crippen molar-refractivity contribution in [1.29, 1.82) is 0 Å². The van der Waals surface area contributed by atoms with Gasteiger partial charge in [0.15, 0.2) is 11.6 Å². The van der Waals surface area contributed by atoms with Gasteiger partial charge in [0.2, 0.25) is 0 Å². The van der Waals surface area contributed by atoms with Crippen LogP contribution in [0.1, 0.15) is 30.1 Å². The standard InChI is InChI=1S/C15H21FN2O2/c1-3-8-18(12-6-7-17-10-12)15(19)11-4-5-13(16)14(9-11)20-2/h4-5,9,12,17H,3,6-8,10H2,1-2H3. The molecule has 1 saturated heterocycles. The fourth-order valence-electron chi connectivity index (χ4n) is 2.55. The van der Waals surface area contributed by atoms with Crippen molar-refractivity contribution in [3.63, 3.8) is 0 Å². The first kappa shape index (κ1) is 14.8. The van der Waals surface area contributed by atoms with Crippen LogP contribution in [0.3, 0.4) is 0 Å². The fourth-order valence-corrected chi connectivity index (χ4v) is 2.55. The van der Waals surface area contributed by atoms with Crippen LogP contribution in [-0.2, 0) is 0 Å². The molecule has 1 N–H and O–H groups in total. The van der Waals surface area contributed by atoms with E-state index < -0.39 is 5.82 Å². The molecule has 1 aromatic carbocycles. The highest BCUT2D eigenvalue weighted by molar-refractivity contribution is 5.94. The molecule has 1 heterocycles. The predicted octanol–water partition coefficient (Wildman–Crippen LogP) is 2.05. The summed E-state index contributed by atoms with van der Waals surface area (Å²) in [7, 11) is 1.40. The van der Waals surface area contributed by atoms with Crippen molar-refractivity contribution in [2.75, 3.05) is 26.7 Å². The van der Waals surface area contributed by atoms with Crippen molar-refractivity contribution >= 4 is 5.91 Å². The molecule has 0 radical (unpaired) electrons. The minimum absolute atomic E-state index is 0.0566. The number of hydrogen-bond donors (Lipinski definition) is 1. The summed E-state index contributed by atoms with van der Waals surface area (Å²) in [6.07, 6.45) is 1.87. The third-order valence-corrected chi connectivity index (χ3v) is 3.60. The molecule has 1 aromatic rings. The van der Waals surface area contributed by atoms with Crippen LogP contribution >= 0.6 is 0 Å². The lowest BCUT2D eigenvalue weighted by Gasteiger charge is -2.28. The number of carbonyl (C=O) groups is 1. The zero-order valence-corrected chi connectivity index (χ0v) is 12.0. The van der Waals surface area contributed by atoms with Crippen molar-refractivity contribution in [3.8, 4) is 5.75 Å². The lowest BCUT2D eigenvalue weighted by Crippen LogP contribution is -2.42. The number of carbonyl (C=O) groups excluding carboxylic acids is 1. The van der Waals surface area contributed by atoms with Crippen LogP contribution in [0.25, 0.3) is 0 Å². The Labute approximate surface area is 118 Å². The molecule has 1 amide bonds. The molecule has 0 spiro atoms. The second-order valence-corrected chi connectivity index (χ2v) is 4.99. The maximum atomic E-state index is 13.4. The van der Waals surface area contributed by atoms with E-state index in [4.69, 9.17) is 4.74 Å². The van der Waals surface area contributed by atoms with Gasteiger partial charge in [-0.05, 0) is 37.6 Å². The van der Waals surface area contributed by atoms with Crippen LogP contribution < -0.4 is 10.1 Å². The van der Waals surface area contributed by atoms with Gasteiger partial charge in [0.05, 0.1) is 7.11 Å². The highest BCUT2D eigenvalue weighted by atomic mass is 19.1. The van der Waals surface area contributed by atoms with Crippen LogP contribution in [0, 0.1) is 5.82 Å². The number of benzene rings is 1. The first-order chi connectivity index (χ1) is 9.67. The number of methoxy groups -OCH3 is 1. The summed E-state index contributed by atoms with van der Waals surface area (Å²) in [6, 6.07) is 4.50. The Balaban J connectivity index is 2.22. The number of halogens is 1. The molecule has 0 aromatic heterocycles. The van der Waals surface area contributed by atoms with Gasteiger partial charge in [-0.3, -0.25) is 4.79 Å². The van der Waals surface area contributed by atoms with Gasteiger partial charge in [-0.15, -0.1) is 0 Å². The molecule has 1 unspecified atom stereocenters. The highest BCUT2D eigenvalue weighted by Gasteiger charge is 2.27. The molecule has 1 aliphatic rings.